The van der Waals surface area contributed by atoms with Crippen LogP contribution in [0.15, 0.2) is 47.5 Å². The Balaban J connectivity index is 1.73. The van der Waals surface area contributed by atoms with Crippen LogP contribution in [0.25, 0.3) is 5.69 Å². The van der Waals surface area contributed by atoms with Gasteiger partial charge in [-0.2, -0.15) is 10.1 Å². The monoisotopic (exact) mass is 496 g/mol. The van der Waals surface area contributed by atoms with Crippen molar-refractivity contribution in [2.45, 2.75) is 26.2 Å². The van der Waals surface area contributed by atoms with Crippen LogP contribution in [0.3, 0.4) is 0 Å². The zero-order chi connectivity index (χ0) is 24.6. The molecule has 0 saturated carbocycles. The molecule has 0 N–H and O–H groups in total. The third kappa shape index (κ3) is 3.98. The number of methoxy groups -OCH3 is 3. The Morgan fingerprint density at radius 1 is 0.943 bits per heavy atom. The van der Waals surface area contributed by atoms with Gasteiger partial charge in [0, 0.05) is 18.7 Å². The highest BCUT2D eigenvalue weighted by Crippen LogP contribution is 2.57. The number of hydrogen-bond donors (Lipinski definition) is 0. The second-order valence-corrected chi connectivity index (χ2v) is 10.7. The Morgan fingerprint density at radius 2 is 1.60 bits per heavy atom. The van der Waals surface area contributed by atoms with Gasteiger partial charge < -0.3 is 18.7 Å². The smallest absolute Gasteiger partial charge is 0.356 e. The zero-order valence-electron chi connectivity index (χ0n) is 20.4. The molecule has 0 radical (unpaired) electrons. The number of aryl methyl sites for hydroxylation is 1. The molecule has 2 aromatic carbocycles. The molecule has 0 aliphatic carbocycles. The van der Waals surface area contributed by atoms with Gasteiger partial charge >= 0.3 is 7.52 Å². The van der Waals surface area contributed by atoms with Crippen molar-refractivity contribution in [2.75, 3.05) is 34.4 Å². The van der Waals surface area contributed by atoms with Gasteiger partial charge in [0.1, 0.15) is 5.30 Å². The number of aliphatic imine (C=N–C) groups is 1. The number of rotatable bonds is 6. The maximum Gasteiger partial charge on any atom is 0.356 e. The fourth-order valence-electron chi connectivity index (χ4n) is 4.63. The maximum atomic E-state index is 14.8. The molecule has 0 spiro atoms. The van der Waals surface area contributed by atoms with Crippen molar-refractivity contribution in [3.05, 3.63) is 53.7 Å². The molecule has 1 unspecified atom stereocenters. The maximum absolute atomic E-state index is 14.8. The van der Waals surface area contributed by atoms with Crippen molar-refractivity contribution in [2.24, 2.45) is 4.99 Å². The Kier molecular flexibility index (Phi) is 6.30. The predicted octanol–water partition coefficient (Wildman–Crippen LogP) is 4.62. The van der Waals surface area contributed by atoms with Crippen LogP contribution < -0.4 is 19.5 Å². The standard InChI is InChI=1S/C25H29N4O5P/c1-17-23-24(29(27-17)19-11-7-5-8-12-19)26-25(34-35(23,30)28-13-9-6-10-14-28)18-15-20(31-2)22(33-4)21(16-18)32-3/h5,7-8,11-12,15-16H,6,9-10,13-14H2,1-4H3. The van der Waals surface area contributed by atoms with Crippen LogP contribution in [-0.4, -0.2) is 54.8 Å². The van der Waals surface area contributed by atoms with Crippen LogP contribution in [0.4, 0.5) is 5.82 Å². The van der Waals surface area contributed by atoms with Gasteiger partial charge in [-0.3, -0.25) is 4.57 Å². The molecule has 0 bridgehead atoms. The van der Waals surface area contributed by atoms with E-state index in [1.54, 1.807) is 38.1 Å². The van der Waals surface area contributed by atoms with Crippen LogP contribution in [0, 0.1) is 6.92 Å². The van der Waals surface area contributed by atoms with Crippen molar-refractivity contribution in [3.63, 3.8) is 0 Å². The predicted molar refractivity (Wildman–Crippen MR) is 134 cm³/mol. The number of hydrogen-bond acceptors (Lipinski definition) is 7. The van der Waals surface area contributed by atoms with Gasteiger partial charge in [-0.25, -0.2) is 9.35 Å². The number of aromatic nitrogens is 2. The molecule has 3 aromatic rings. The SMILES string of the molecule is COc1cc(C2=Nc3c(c(C)nn3-c3ccccc3)P(=O)(N3CCCCC3)O2)cc(OC)c1OC. The van der Waals surface area contributed by atoms with Crippen molar-refractivity contribution in [3.8, 4) is 22.9 Å². The van der Waals surface area contributed by atoms with E-state index in [2.05, 4.69) is 0 Å². The molecule has 2 aliphatic heterocycles. The van der Waals surface area contributed by atoms with E-state index in [1.807, 2.05) is 41.9 Å². The quantitative estimate of drug-likeness (QED) is 0.460. The first-order valence-corrected chi connectivity index (χ1v) is 13.2. The molecular formula is C25H29N4O5P. The second kappa shape index (κ2) is 9.40. The van der Waals surface area contributed by atoms with Crippen molar-refractivity contribution in [1.29, 1.82) is 0 Å². The Bertz CT molecular complexity index is 1290. The highest BCUT2D eigenvalue weighted by atomic mass is 31.2. The van der Waals surface area contributed by atoms with E-state index in [9.17, 15) is 4.57 Å². The van der Waals surface area contributed by atoms with Crippen LogP contribution >= 0.6 is 7.52 Å². The molecule has 1 atom stereocenters. The number of piperidine rings is 1. The average Bonchev–Trinajstić information content (AvgIpc) is 3.25. The fraction of sp³-hybridized carbons (Fsp3) is 0.360. The first-order chi connectivity index (χ1) is 17.0. The van der Waals surface area contributed by atoms with Gasteiger partial charge in [0.15, 0.2) is 17.3 Å². The third-order valence-corrected chi connectivity index (χ3v) is 8.98. The van der Waals surface area contributed by atoms with Crippen LogP contribution in [0.1, 0.15) is 30.5 Å². The number of ether oxygens (including phenoxy) is 3. The molecule has 2 aliphatic rings. The van der Waals surface area contributed by atoms with E-state index in [0.29, 0.717) is 52.7 Å². The minimum Gasteiger partial charge on any atom is -0.493 e. The van der Waals surface area contributed by atoms with Gasteiger partial charge in [0.05, 0.1) is 32.7 Å². The van der Waals surface area contributed by atoms with E-state index in [-0.39, 0.29) is 5.90 Å². The Hall–Kier alpha value is -3.29. The molecule has 184 valence electrons. The van der Waals surface area contributed by atoms with E-state index >= 15 is 0 Å². The Morgan fingerprint density at radius 3 is 2.20 bits per heavy atom. The molecule has 1 fully saturated rings. The lowest BCUT2D eigenvalue weighted by molar-refractivity contribution is 0.310. The first kappa shape index (κ1) is 23.5. The van der Waals surface area contributed by atoms with Gasteiger partial charge in [-0.15, -0.1) is 0 Å². The summed E-state index contributed by atoms with van der Waals surface area (Å²) in [6.45, 7) is 3.24. The summed E-state index contributed by atoms with van der Waals surface area (Å²) in [7, 11) is 1.15. The van der Waals surface area contributed by atoms with E-state index in [0.717, 1.165) is 24.9 Å². The van der Waals surface area contributed by atoms with Gasteiger partial charge in [0.2, 0.25) is 11.6 Å². The first-order valence-electron chi connectivity index (χ1n) is 11.6. The molecule has 9 nitrogen and oxygen atoms in total. The lowest BCUT2D eigenvalue weighted by Gasteiger charge is -2.35. The molecule has 0 amide bonds. The third-order valence-electron chi connectivity index (χ3n) is 6.32. The van der Waals surface area contributed by atoms with Crippen LogP contribution in [-0.2, 0) is 9.09 Å². The number of nitrogens with zero attached hydrogens (tertiary/aromatic N) is 4. The molecule has 5 rings (SSSR count). The van der Waals surface area contributed by atoms with E-state index in [4.69, 9.17) is 28.8 Å². The summed E-state index contributed by atoms with van der Waals surface area (Å²) >= 11 is 0. The van der Waals surface area contributed by atoms with Gasteiger partial charge in [-0.05, 0) is 44.0 Å². The summed E-state index contributed by atoms with van der Waals surface area (Å²) in [4.78, 5) is 4.85. The number of benzene rings is 2. The average molecular weight is 497 g/mol. The molecule has 1 aromatic heterocycles. The van der Waals surface area contributed by atoms with Gasteiger partial charge in [-0.1, -0.05) is 24.6 Å². The summed E-state index contributed by atoms with van der Waals surface area (Å²) < 4.78 is 41.4. The summed E-state index contributed by atoms with van der Waals surface area (Å²) in [5.41, 5.74) is 2.04. The lowest BCUT2D eigenvalue weighted by atomic mass is 10.1. The van der Waals surface area contributed by atoms with Gasteiger partial charge in [0.25, 0.3) is 0 Å². The highest BCUT2D eigenvalue weighted by Gasteiger charge is 2.46. The minimum atomic E-state index is -3.50. The minimum absolute atomic E-state index is 0.225. The van der Waals surface area contributed by atoms with Crippen molar-refractivity contribution in [1.82, 2.24) is 14.5 Å². The topological polar surface area (TPSA) is 87.4 Å². The molecule has 10 heteroatoms. The van der Waals surface area contributed by atoms with Crippen LogP contribution in [0.5, 0.6) is 17.2 Å². The van der Waals surface area contributed by atoms with Crippen molar-refractivity contribution < 1.29 is 23.3 Å². The van der Waals surface area contributed by atoms with E-state index in [1.165, 1.54) is 0 Å². The number of fused-ring (bicyclic) bond motifs is 1. The highest BCUT2D eigenvalue weighted by molar-refractivity contribution is 7.65. The largest absolute Gasteiger partial charge is 0.493 e. The Labute approximate surface area is 204 Å². The summed E-state index contributed by atoms with van der Waals surface area (Å²) in [6.07, 6.45) is 3.04. The fourth-order valence-corrected chi connectivity index (χ4v) is 7.16. The van der Waals surface area contributed by atoms with E-state index < -0.39 is 7.52 Å². The van der Waals surface area contributed by atoms with Crippen LogP contribution in [0.2, 0.25) is 0 Å². The summed E-state index contributed by atoms with van der Waals surface area (Å²) in [6, 6.07) is 13.2. The summed E-state index contributed by atoms with van der Waals surface area (Å²) in [5, 5.41) is 5.29. The zero-order valence-corrected chi connectivity index (χ0v) is 21.2. The molecular weight excluding hydrogens is 467 g/mol. The second-order valence-electron chi connectivity index (χ2n) is 8.46. The van der Waals surface area contributed by atoms with Crippen molar-refractivity contribution >= 4 is 24.5 Å². The normalized spacial score (nSPS) is 19.9. The lowest BCUT2D eigenvalue weighted by Crippen LogP contribution is -2.35. The molecule has 35 heavy (non-hydrogen) atoms. The molecule has 3 heterocycles. The molecule has 1 saturated heterocycles. The number of para-hydroxylation sites is 1. The summed E-state index contributed by atoms with van der Waals surface area (Å²) in [5.74, 6) is 2.11.